The number of thioether (sulfide) groups is 1. The van der Waals surface area contributed by atoms with Crippen LogP contribution in [0.1, 0.15) is 5.56 Å². The van der Waals surface area contributed by atoms with Gasteiger partial charge in [0.1, 0.15) is 0 Å². The van der Waals surface area contributed by atoms with Crippen molar-refractivity contribution in [3.63, 3.8) is 0 Å². The number of nitrogens with two attached hydrogens (primary N) is 1. The maximum Gasteiger partial charge on any atom is 0.0361 e. The highest BCUT2D eigenvalue weighted by Gasteiger charge is 2.05. The van der Waals surface area contributed by atoms with Crippen molar-refractivity contribution in [2.45, 2.75) is 10.6 Å². The predicted molar refractivity (Wildman–Crippen MR) is 84.4 cm³/mol. The second-order valence-corrected chi connectivity index (χ2v) is 5.50. The first kappa shape index (κ1) is 12.1. The van der Waals surface area contributed by atoms with Gasteiger partial charge in [-0.25, -0.2) is 0 Å². The molecule has 0 aliphatic heterocycles. The van der Waals surface area contributed by atoms with Crippen molar-refractivity contribution in [1.29, 1.82) is 0 Å². The Morgan fingerprint density at radius 2 is 1.53 bits per heavy atom. The molecule has 0 saturated heterocycles. The Bertz CT molecular complexity index is 692. The summed E-state index contributed by atoms with van der Waals surface area (Å²) in [5, 5.41) is 2.51. The van der Waals surface area contributed by atoms with Crippen LogP contribution in [0.25, 0.3) is 10.8 Å². The third-order valence-electron chi connectivity index (χ3n) is 3.20. The second kappa shape index (κ2) is 5.37. The summed E-state index contributed by atoms with van der Waals surface area (Å²) < 4.78 is 0. The summed E-state index contributed by atoms with van der Waals surface area (Å²) in [5.74, 6) is 0.900. The fourth-order valence-corrected chi connectivity index (χ4v) is 3.17. The molecule has 19 heavy (non-hydrogen) atoms. The minimum Gasteiger partial charge on any atom is -0.398 e. The smallest absolute Gasteiger partial charge is 0.0361 e. The number of anilines is 1. The van der Waals surface area contributed by atoms with Gasteiger partial charge in [-0.15, -0.1) is 11.8 Å². The number of hydrogen-bond donors (Lipinski definition) is 1. The van der Waals surface area contributed by atoms with Crippen LogP contribution in [0.2, 0.25) is 0 Å². The van der Waals surface area contributed by atoms with E-state index < -0.39 is 0 Å². The van der Waals surface area contributed by atoms with Crippen LogP contribution in [0.4, 0.5) is 5.69 Å². The monoisotopic (exact) mass is 265 g/mol. The van der Waals surface area contributed by atoms with Crippen molar-refractivity contribution in [2.24, 2.45) is 0 Å². The van der Waals surface area contributed by atoms with E-state index in [1.807, 2.05) is 23.9 Å². The van der Waals surface area contributed by atoms with Gasteiger partial charge in [0.25, 0.3) is 0 Å². The lowest BCUT2D eigenvalue weighted by atomic mass is 10.0. The summed E-state index contributed by atoms with van der Waals surface area (Å²) >= 11 is 1.82. The maximum atomic E-state index is 6.14. The molecule has 3 rings (SSSR count). The Labute approximate surface area is 117 Å². The molecule has 2 N–H and O–H groups in total. The molecular formula is C17H15NS. The number of nitrogen functional groups attached to an aromatic ring is 1. The lowest BCUT2D eigenvalue weighted by molar-refractivity contribution is 1.41. The number of rotatable bonds is 3. The molecule has 0 radical (unpaired) electrons. The number of hydrogen-bond acceptors (Lipinski definition) is 2. The lowest BCUT2D eigenvalue weighted by Crippen LogP contribution is -1.94. The minimum absolute atomic E-state index is 0.877. The van der Waals surface area contributed by atoms with Gasteiger partial charge >= 0.3 is 0 Å². The second-order valence-electron chi connectivity index (χ2n) is 4.46. The van der Waals surface area contributed by atoms with Crippen molar-refractivity contribution in [1.82, 2.24) is 0 Å². The summed E-state index contributed by atoms with van der Waals surface area (Å²) in [4.78, 5) is 1.27. The molecule has 0 unspecified atom stereocenters. The first-order chi connectivity index (χ1) is 9.34. The molecule has 94 valence electrons. The standard InChI is InChI=1S/C17H15NS/c18-17-11-10-13-6-4-5-9-15(13)16(17)12-19-14-7-2-1-3-8-14/h1-11H,12,18H2. The van der Waals surface area contributed by atoms with Crippen molar-refractivity contribution in [3.8, 4) is 0 Å². The van der Waals surface area contributed by atoms with E-state index in [-0.39, 0.29) is 0 Å². The Morgan fingerprint density at radius 1 is 0.789 bits per heavy atom. The van der Waals surface area contributed by atoms with Crippen LogP contribution in [-0.2, 0) is 5.75 Å². The molecule has 0 aliphatic carbocycles. The molecule has 0 amide bonds. The summed E-state index contributed by atoms with van der Waals surface area (Å²) in [6, 6.07) is 22.9. The largest absolute Gasteiger partial charge is 0.398 e. The van der Waals surface area contributed by atoms with Gasteiger partial charge in [0, 0.05) is 16.3 Å². The van der Waals surface area contributed by atoms with Crippen molar-refractivity contribution in [2.75, 3.05) is 5.73 Å². The molecule has 3 aromatic carbocycles. The fraction of sp³-hybridized carbons (Fsp3) is 0.0588. The topological polar surface area (TPSA) is 26.0 Å². The van der Waals surface area contributed by atoms with E-state index in [0.29, 0.717) is 0 Å². The van der Waals surface area contributed by atoms with Crippen LogP contribution >= 0.6 is 11.8 Å². The fourth-order valence-electron chi connectivity index (χ4n) is 2.19. The molecular weight excluding hydrogens is 250 g/mol. The van der Waals surface area contributed by atoms with Gasteiger partial charge in [-0.1, -0.05) is 48.5 Å². The molecule has 0 atom stereocenters. The van der Waals surface area contributed by atoms with Gasteiger partial charge in [0.15, 0.2) is 0 Å². The molecule has 3 aromatic rings. The van der Waals surface area contributed by atoms with Crippen LogP contribution in [0.15, 0.2) is 71.6 Å². The maximum absolute atomic E-state index is 6.14. The average molecular weight is 265 g/mol. The Balaban J connectivity index is 1.94. The Hall–Kier alpha value is -1.93. The van der Waals surface area contributed by atoms with Gasteiger partial charge in [-0.2, -0.15) is 0 Å². The zero-order valence-corrected chi connectivity index (χ0v) is 11.4. The predicted octanol–water partition coefficient (Wildman–Crippen LogP) is 4.71. The van der Waals surface area contributed by atoms with E-state index in [0.717, 1.165) is 11.4 Å². The first-order valence-corrected chi connectivity index (χ1v) is 7.27. The Morgan fingerprint density at radius 3 is 2.37 bits per heavy atom. The Kier molecular flexibility index (Phi) is 3.43. The van der Waals surface area contributed by atoms with E-state index in [1.54, 1.807) is 0 Å². The van der Waals surface area contributed by atoms with Gasteiger partial charge in [0.05, 0.1) is 0 Å². The van der Waals surface area contributed by atoms with E-state index in [2.05, 4.69) is 54.6 Å². The molecule has 0 aromatic heterocycles. The minimum atomic E-state index is 0.877. The molecule has 2 heteroatoms. The van der Waals surface area contributed by atoms with Crippen LogP contribution in [-0.4, -0.2) is 0 Å². The van der Waals surface area contributed by atoms with Crippen LogP contribution in [0, 0.1) is 0 Å². The molecule has 0 saturated carbocycles. The van der Waals surface area contributed by atoms with Gasteiger partial charge < -0.3 is 5.73 Å². The zero-order valence-electron chi connectivity index (χ0n) is 10.5. The number of fused-ring (bicyclic) bond motifs is 1. The third kappa shape index (κ3) is 2.59. The van der Waals surface area contributed by atoms with Crippen LogP contribution < -0.4 is 5.73 Å². The third-order valence-corrected chi connectivity index (χ3v) is 4.24. The van der Waals surface area contributed by atoms with E-state index in [4.69, 9.17) is 5.73 Å². The summed E-state index contributed by atoms with van der Waals surface area (Å²) in [6.45, 7) is 0. The van der Waals surface area contributed by atoms with Crippen LogP contribution in [0.3, 0.4) is 0 Å². The highest BCUT2D eigenvalue weighted by Crippen LogP contribution is 2.30. The van der Waals surface area contributed by atoms with E-state index in [9.17, 15) is 0 Å². The van der Waals surface area contributed by atoms with E-state index >= 15 is 0 Å². The van der Waals surface area contributed by atoms with Gasteiger partial charge in [-0.3, -0.25) is 0 Å². The quantitative estimate of drug-likeness (QED) is 0.548. The van der Waals surface area contributed by atoms with Gasteiger partial charge in [0.2, 0.25) is 0 Å². The van der Waals surface area contributed by atoms with Crippen molar-refractivity contribution >= 4 is 28.2 Å². The molecule has 0 spiro atoms. The van der Waals surface area contributed by atoms with Crippen molar-refractivity contribution < 1.29 is 0 Å². The molecule has 0 bridgehead atoms. The van der Waals surface area contributed by atoms with Gasteiger partial charge in [-0.05, 0) is 34.5 Å². The molecule has 0 aliphatic rings. The average Bonchev–Trinajstić information content (AvgIpc) is 2.47. The SMILES string of the molecule is Nc1ccc2ccccc2c1CSc1ccccc1. The normalized spacial score (nSPS) is 10.7. The zero-order chi connectivity index (χ0) is 13.1. The van der Waals surface area contributed by atoms with Crippen molar-refractivity contribution in [3.05, 3.63) is 72.3 Å². The van der Waals surface area contributed by atoms with E-state index in [1.165, 1.54) is 21.2 Å². The highest BCUT2D eigenvalue weighted by molar-refractivity contribution is 7.98. The lowest BCUT2D eigenvalue weighted by Gasteiger charge is -2.10. The molecule has 0 fully saturated rings. The summed E-state index contributed by atoms with van der Waals surface area (Å²) in [6.07, 6.45) is 0. The first-order valence-electron chi connectivity index (χ1n) is 6.28. The molecule has 0 heterocycles. The molecule has 1 nitrogen and oxygen atoms in total. The summed E-state index contributed by atoms with van der Waals surface area (Å²) in [5.41, 5.74) is 8.24. The highest BCUT2D eigenvalue weighted by atomic mass is 32.2. The number of benzene rings is 3. The van der Waals surface area contributed by atoms with Crippen LogP contribution in [0.5, 0.6) is 0 Å². The summed E-state index contributed by atoms with van der Waals surface area (Å²) in [7, 11) is 0.